The SMILES string of the molecule is COc1cc(-c2cn(C3CC(C)c4ccccc4N(C)C3=O)nn2)ccc1-n1cnc(C)c1. The molecule has 0 aliphatic carbocycles. The number of para-hydroxylation sites is 1. The first-order valence-electron chi connectivity index (χ1n) is 10.9. The molecule has 3 heterocycles. The number of fused-ring (bicyclic) bond motifs is 1. The van der Waals surface area contributed by atoms with Crippen molar-refractivity contribution in [3.05, 3.63) is 72.4 Å². The fraction of sp³-hybridized carbons (Fsp3) is 0.280. The molecule has 0 spiro atoms. The van der Waals surface area contributed by atoms with Crippen molar-refractivity contribution in [2.75, 3.05) is 19.1 Å². The molecule has 0 bridgehead atoms. The van der Waals surface area contributed by atoms with Gasteiger partial charge in [-0.1, -0.05) is 36.4 Å². The molecule has 0 saturated carbocycles. The number of hydrogen-bond acceptors (Lipinski definition) is 5. The Morgan fingerprint density at radius 3 is 2.67 bits per heavy atom. The summed E-state index contributed by atoms with van der Waals surface area (Å²) in [4.78, 5) is 19.3. The largest absolute Gasteiger partial charge is 0.495 e. The van der Waals surface area contributed by atoms with E-state index in [9.17, 15) is 4.79 Å². The topological polar surface area (TPSA) is 78.1 Å². The maximum absolute atomic E-state index is 13.3. The number of amides is 1. The fourth-order valence-corrected chi connectivity index (χ4v) is 4.50. The van der Waals surface area contributed by atoms with Gasteiger partial charge in [-0.3, -0.25) is 4.79 Å². The van der Waals surface area contributed by atoms with Gasteiger partial charge in [-0.05, 0) is 43.0 Å². The number of imidazole rings is 1. The minimum Gasteiger partial charge on any atom is -0.495 e. The average Bonchev–Trinajstić information content (AvgIpc) is 3.48. The van der Waals surface area contributed by atoms with E-state index in [2.05, 4.69) is 28.3 Å². The Morgan fingerprint density at radius 2 is 1.91 bits per heavy atom. The Kier molecular flexibility index (Phi) is 5.20. The summed E-state index contributed by atoms with van der Waals surface area (Å²) in [6, 6.07) is 13.5. The van der Waals surface area contributed by atoms with Crippen LogP contribution < -0.4 is 9.64 Å². The van der Waals surface area contributed by atoms with Crippen molar-refractivity contribution in [1.82, 2.24) is 24.5 Å². The van der Waals surface area contributed by atoms with Gasteiger partial charge in [0.15, 0.2) is 0 Å². The third-order valence-electron chi connectivity index (χ3n) is 6.32. The molecule has 2 aromatic heterocycles. The van der Waals surface area contributed by atoms with Gasteiger partial charge in [-0.15, -0.1) is 5.10 Å². The molecule has 4 aromatic rings. The minimum absolute atomic E-state index is 0.00616. The zero-order valence-electron chi connectivity index (χ0n) is 19.1. The second-order valence-electron chi connectivity index (χ2n) is 8.50. The van der Waals surface area contributed by atoms with Crippen LogP contribution in [0, 0.1) is 6.92 Å². The maximum Gasteiger partial charge on any atom is 0.251 e. The van der Waals surface area contributed by atoms with Gasteiger partial charge in [0.05, 0.1) is 31.0 Å². The van der Waals surface area contributed by atoms with Crippen LogP contribution in [0.1, 0.15) is 36.6 Å². The van der Waals surface area contributed by atoms with Crippen LogP contribution in [-0.2, 0) is 4.79 Å². The number of carbonyl (C=O) groups is 1. The average molecular weight is 443 g/mol. The van der Waals surface area contributed by atoms with Gasteiger partial charge in [0.2, 0.25) is 0 Å². The van der Waals surface area contributed by atoms with Crippen molar-refractivity contribution in [2.24, 2.45) is 0 Å². The molecule has 8 nitrogen and oxygen atoms in total. The molecular weight excluding hydrogens is 416 g/mol. The first kappa shape index (κ1) is 20.9. The Hall–Kier alpha value is -3.94. The number of rotatable bonds is 4. The van der Waals surface area contributed by atoms with Crippen LogP contribution in [0.2, 0.25) is 0 Å². The van der Waals surface area contributed by atoms with E-state index >= 15 is 0 Å². The number of aryl methyl sites for hydroxylation is 1. The molecule has 5 rings (SSSR count). The first-order valence-corrected chi connectivity index (χ1v) is 10.9. The van der Waals surface area contributed by atoms with E-state index in [1.165, 1.54) is 5.56 Å². The normalized spacial score (nSPS) is 18.2. The van der Waals surface area contributed by atoms with Crippen LogP contribution in [0.3, 0.4) is 0 Å². The van der Waals surface area contributed by atoms with E-state index < -0.39 is 6.04 Å². The number of anilines is 1. The van der Waals surface area contributed by atoms with E-state index in [0.29, 0.717) is 17.9 Å². The van der Waals surface area contributed by atoms with E-state index in [1.807, 2.05) is 67.3 Å². The van der Waals surface area contributed by atoms with Crippen molar-refractivity contribution < 1.29 is 9.53 Å². The second kappa shape index (κ2) is 8.20. The lowest BCUT2D eigenvalue weighted by atomic mass is 9.94. The van der Waals surface area contributed by atoms with Gasteiger partial charge in [-0.2, -0.15) is 0 Å². The van der Waals surface area contributed by atoms with E-state index in [4.69, 9.17) is 4.74 Å². The Balaban J connectivity index is 1.46. The third-order valence-corrected chi connectivity index (χ3v) is 6.32. The van der Waals surface area contributed by atoms with Crippen molar-refractivity contribution in [2.45, 2.75) is 32.2 Å². The van der Waals surface area contributed by atoms with Gasteiger partial charge in [0.1, 0.15) is 17.5 Å². The summed E-state index contributed by atoms with van der Waals surface area (Å²) in [6.45, 7) is 4.10. The van der Waals surface area contributed by atoms with Crippen LogP contribution in [0.15, 0.2) is 61.2 Å². The molecule has 8 heteroatoms. The molecule has 33 heavy (non-hydrogen) atoms. The standard InChI is InChI=1S/C25H26N6O2/c1-16-11-23(25(32)29(3)21-8-6-5-7-19(16)21)31-14-20(27-28-31)18-9-10-22(24(12-18)33-4)30-13-17(2)26-15-30/h5-10,12-16,23H,11H2,1-4H3. The van der Waals surface area contributed by atoms with E-state index in [0.717, 1.165) is 22.6 Å². The number of nitrogens with zero attached hydrogens (tertiary/aromatic N) is 6. The third kappa shape index (κ3) is 3.67. The van der Waals surface area contributed by atoms with Gasteiger partial charge in [-0.25, -0.2) is 9.67 Å². The van der Waals surface area contributed by atoms with Crippen molar-refractivity contribution in [1.29, 1.82) is 0 Å². The smallest absolute Gasteiger partial charge is 0.251 e. The van der Waals surface area contributed by atoms with Crippen LogP contribution in [0.4, 0.5) is 5.69 Å². The highest BCUT2D eigenvalue weighted by atomic mass is 16.5. The van der Waals surface area contributed by atoms with Crippen molar-refractivity contribution in [3.8, 4) is 22.7 Å². The summed E-state index contributed by atoms with van der Waals surface area (Å²) in [5, 5.41) is 8.72. The molecule has 2 unspecified atom stereocenters. The van der Waals surface area contributed by atoms with Gasteiger partial charge < -0.3 is 14.2 Å². The van der Waals surface area contributed by atoms with Crippen molar-refractivity contribution in [3.63, 3.8) is 0 Å². The highest BCUT2D eigenvalue weighted by Gasteiger charge is 2.33. The predicted octanol–water partition coefficient (Wildman–Crippen LogP) is 4.16. The molecule has 0 N–H and O–H groups in total. The number of methoxy groups -OCH3 is 1. The molecule has 1 aliphatic heterocycles. The van der Waals surface area contributed by atoms with Gasteiger partial charge in [0, 0.05) is 24.5 Å². The number of hydrogen-bond donors (Lipinski definition) is 0. The summed E-state index contributed by atoms with van der Waals surface area (Å²) in [6.07, 6.45) is 6.21. The van der Waals surface area contributed by atoms with E-state index in [-0.39, 0.29) is 11.8 Å². The Morgan fingerprint density at radius 1 is 1.09 bits per heavy atom. The highest BCUT2D eigenvalue weighted by molar-refractivity contribution is 5.97. The Bertz CT molecular complexity index is 1320. The quantitative estimate of drug-likeness (QED) is 0.474. The van der Waals surface area contributed by atoms with Crippen molar-refractivity contribution >= 4 is 11.6 Å². The van der Waals surface area contributed by atoms with Crippen LogP contribution >= 0.6 is 0 Å². The molecule has 1 aliphatic rings. The highest BCUT2D eigenvalue weighted by Crippen LogP contribution is 2.38. The number of aromatic nitrogens is 5. The van der Waals surface area contributed by atoms with Gasteiger partial charge >= 0.3 is 0 Å². The zero-order chi connectivity index (χ0) is 23.1. The predicted molar refractivity (Wildman–Crippen MR) is 126 cm³/mol. The lowest BCUT2D eigenvalue weighted by Crippen LogP contribution is -2.33. The molecule has 2 aromatic carbocycles. The number of ether oxygens (including phenoxy) is 1. The monoisotopic (exact) mass is 442 g/mol. The zero-order valence-corrected chi connectivity index (χ0v) is 19.1. The molecule has 168 valence electrons. The Labute approximate surface area is 192 Å². The summed E-state index contributed by atoms with van der Waals surface area (Å²) in [5.41, 5.74) is 5.50. The van der Waals surface area contributed by atoms with Crippen LogP contribution in [0.5, 0.6) is 5.75 Å². The van der Waals surface area contributed by atoms with Crippen LogP contribution in [0.25, 0.3) is 16.9 Å². The summed E-state index contributed by atoms with van der Waals surface area (Å²) in [7, 11) is 3.47. The number of carbonyl (C=O) groups excluding carboxylic acids is 1. The summed E-state index contributed by atoms with van der Waals surface area (Å²) < 4.78 is 9.24. The lowest BCUT2D eigenvalue weighted by Gasteiger charge is -2.21. The maximum atomic E-state index is 13.3. The lowest BCUT2D eigenvalue weighted by molar-refractivity contribution is -0.121. The molecular formula is C25H26N6O2. The number of benzene rings is 2. The first-order chi connectivity index (χ1) is 16.0. The molecule has 0 fully saturated rings. The summed E-state index contributed by atoms with van der Waals surface area (Å²) in [5.74, 6) is 0.922. The minimum atomic E-state index is -0.422. The molecule has 2 atom stereocenters. The van der Waals surface area contributed by atoms with Gasteiger partial charge in [0.25, 0.3) is 5.91 Å². The molecule has 1 amide bonds. The second-order valence-corrected chi connectivity index (χ2v) is 8.50. The molecule has 0 radical (unpaired) electrons. The van der Waals surface area contributed by atoms with E-state index in [1.54, 1.807) is 23.0 Å². The van der Waals surface area contributed by atoms with Crippen LogP contribution in [-0.4, -0.2) is 44.6 Å². The summed E-state index contributed by atoms with van der Waals surface area (Å²) >= 11 is 0. The fourth-order valence-electron chi connectivity index (χ4n) is 4.50. The molecule has 0 saturated heterocycles. The number of likely N-dealkylation sites (N-methyl/N-ethyl adjacent to an activating group) is 1.